The van der Waals surface area contributed by atoms with Gasteiger partial charge in [-0.25, -0.2) is 13.2 Å². The molecule has 0 bridgehead atoms. The maximum Gasteiger partial charge on any atom is 0.338 e. The fourth-order valence-electron chi connectivity index (χ4n) is 4.13. The molecule has 1 fully saturated rings. The summed E-state index contributed by atoms with van der Waals surface area (Å²) < 4.78 is 34.9. The molecule has 0 saturated carbocycles. The molecule has 178 valence electrons. The maximum absolute atomic E-state index is 13.2. The lowest BCUT2D eigenvalue weighted by Gasteiger charge is -2.18. The second-order valence-electron chi connectivity index (χ2n) is 7.86. The van der Waals surface area contributed by atoms with E-state index >= 15 is 0 Å². The SMILES string of the molecule is C.CCOc1ccc(S(=O)(=O)N2C[C@@H](C)[C@@H](n3nc(C(O)C(=O)O)c4ccccc43)C2)cc1. The molecule has 2 aromatic carbocycles. The molecule has 33 heavy (non-hydrogen) atoms. The van der Waals surface area contributed by atoms with E-state index in [1.165, 1.54) is 16.4 Å². The van der Waals surface area contributed by atoms with E-state index in [0.29, 0.717) is 29.8 Å². The predicted octanol–water partition coefficient (Wildman–Crippen LogP) is 3.07. The van der Waals surface area contributed by atoms with Gasteiger partial charge in [0.15, 0.2) is 6.10 Å². The number of benzene rings is 2. The van der Waals surface area contributed by atoms with Crippen LogP contribution in [0.4, 0.5) is 0 Å². The van der Waals surface area contributed by atoms with Crippen molar-refractivity contribution in [3.63, 3.8) is 0 Å². The van der Waals surface area contributed by atoms with Crippen LogP contribution < -0.4 is 4.74 Å². The molecule has 1 aromatic heterocycles. The number of aromatic nitrogens is 2. The van der Waals surface area contributed by atoms with Gasteiger partial charge in [0.2, 0.25) is 10.0 Å². The van der Waals surface area contributed by atoms with Crippen molar-refractivity contribution < 1.29 is 28.2 Å². The monoisotopic (exact) mass is 475 g/mol. The molecule has 2 N–H and O–H groups in total. The molecule has 0 amide bonds. The highest BCUT2D eigenvalue weighted by Crippen LogP contribution is 2.35. The van der Waals surface area contributed by atoms with Crippen molar-refractivity contribution in [2.45, 2.75) is 38.3 Å². The standard InChI is InChI=1S/C22H25N3O6S.CH4/c1-3-31-15-8-10-16(11-9-15)32(29,30)24-12-14(2)19(13-24)25-18-7-5-4-6-17(18)20(23-25)21(26)22(27)28;/h4-11,14,19,21,26H,3,12-13H2,1-2H3,(H,27,28);1H4/t14-,19+,21?;/m1./s1. The Labute approximate surface area is 193 Å². The first-order valence-electron chi connectivity index (χ1n) is 10.3. The number of aliphatic hydroxyl groups is 1. The van der Waals surface area contributed by atoms with E-state index in [1.807, 2.05) is 13.8 Å². The van der Waals surface area contributed by atoms with Crippen LogP contribution >= 0.6 is 0 Å². The number of hydrogen-bond donors (Lipinski definition) is 2. The Balaban J connectivity index is 0.00000306. The third-order valence-electron chi connectivity index (χ3n) is 5.76. The zero-order valence-corrected chi connectivity index (χ0v) is 18.6. The second-order valence-corrected chi connectivity index (χ2v) is 9.80. The number of para-hydroxylation sites is 1. The summed E-state index contributed by atoms with van der Waals surface area (Å²) in [5.74, 6) is -0.864. The van der Waals surface area contributed by atoms with Gasteiger partial charge in [-0.3, -0.25) is 4.68 Å². The number of sulfonamides is 1. The van der Waals surface area contributed by atoms with Gasteiger partial charge in [-0.15, -0.1) is 0 Å². The molecule has 9 nitrogen and oxygen atoms in total. The number of carboxylic acid groups (broad SMARTS) is 1. The number of ether oxygens (including phenoxy) is 1. The first-order chi connectivity index (χ1) is 15.2. The molecule has 2 heterocycles. The number of aliphatic carboxylic acids is 1. The van der Waals surface area contributed by atoms with Crippen LogP contribution in [0.1, 0.15) is 39.1 Å². The molecular weight excluding hydrogens is 446 g/mol. The van der Waals surface area contributed by atoms with E-state index in [9.17, 15) is 23.4 Å². The summed E-state index contributed by atoms with van der Waals surface area (Å²) in [5, 5.41) is 24.3. The van der Waals surface area contributed by atoms with Crippen LogP contribution in [-0.4, -0.2) is 58.4 Å². The smallest absolute Gasteiger partial charge is 0.338 e. The second kappa shape index (κ2) is 9.50. The minimum absolute atomic E-state index is 0. The van der Waals surface area contributed by atoms with E-state index in [-0.39, 0.29) is 36.5 Å². The Morgan fingerprint density at radius 2 is 1.85 bits per heavy atom. The number of fused-ring (bicyclic) bond motifs is 1. The van der Waals surface area contributed by atoms with Gasteiger partial charge in [-0.05, 0) is 43.2 Å². The maximum atomic E-state index is 13.2. The highest BCUT2D eigenvalue weighted by atomic mass is 32.2. The van der Waals surface area contributed by atoms with Gasteiger partial charge in [0, 0.05) is 18.5 Å². The molecule has 0 aliphatic carbocycles. The van der Waals surface area contributed by atoms with Gasteiger partial charge >= 0.3 is 5.97 Å². The van der Waals surface area contributed by atoms with Gasteiger partial charge in [0.25, 0.3) is 0 Å². The van der Waals surface area contributed by atoms with Crippen molar-refractivity contribution in [1.82, 2.24) is 14.1 Å². The van der Waals surface area contributed by atoms with Crippen LogP contribution in [-0.2, 0) is 14.8 Å². The molecule has 4 rings (SSSR count). The number of rotatable bonds is 7. The van der Waals surface area contributed by atoms with Crippen LogP contribution in [0.3, 0.4) is 0 Å². The minimum Gasteiger partial charge on any atom is -0.494 e. The van der Waals surface area contributed by atoms with Gasteiger partial charge in [0.05, 0.1) is 23.1 Å². The van der Waals surface area contributed by atoms with E-state index < -0.39 is 22.1 Å². The summed E-state index contributed by atoms with van der Waals surface area (Å²) in [5.41, 5.74) is 0.702. The van der Waals surface area contributed by atoms with E-state index in [1.54, 1.807) is 41.1 Å². The van der Waals surface area contributed by atoms with Crippen LogP contribution in [0.25, 0.3) is 10.9 Å². The Bertz CT molecular complexity index is 1240. The zero-order valence-electron chi connectivity index (χ0n) is 17.7. The lowest BCUT2D eigenvalue weighted by molar-refractivity contribution is -0.147. The van der Waals surface area contributed by atoms with E-state index in [2.05, 4.69) is 5.10 Å². The Morgan fingerprint density at radius 3 is 2.48 bits per heavy atom. The molecule has 10 heteroatoms. The number of nitrogens with zero attached hydrogens (tertiary/aromatic N) is 3. The summed E-state index contributed by atoms with van der Waals surface area (Å²) in [6.07, 6.45) is -1.76. The number of aliphatic hydroxyl groups excluding tert-OH is 1. The van der Waals surface area contributed by atoms with Crippen molar-refractivity contribution in [2.24, 2.45) is 5.92 Å². The summed E-state index contributed by atoms with van der Waals surface area (Å²) in [6, 6.07) is 13.0. The van der Waals surface area contributed by atoms with Crippen molar-refractivity contribution in [1.29, 1.82) is 0 Å². The third kappa shape index (κ3) is 4.46. The molecule has 0 spiro atoms. The first kappa shape index (κ1) is 24.7. The average molecular weight is 476 g/mol. The van der Waals surface area contributed by atoms with Crippen LogP contribution in [0.2, 0.25) is 0 Å². The normalized spacial score (nSPS) is 19.8. The van der Waals surface area contributed by atoms with Crippen LogP contribution in [0.5, 0.6) is 5.75 Å². The van der Waals surface area contributed by atoms with Gasteiger partial charge in [-0.1, -0.05) is 32.5 Å². The van der Waals surface area contributed by atoms with Crippen molar-refractivity contribution in [2.75, 3.05) is 19.7 Å². The van der Waals surface area contributed by atoms with E-state index in [4.69, 9.17) is 4.74 Å². The lowest BCUT2D eigenvalue weighted by Crippen LogP contribution is -2.29. The molecule has 1 aliphatic heterocycles. The molecule has 1 unspecified atom stereocenters. The Kier molecular flexibility index (Phi) is 7.11. The average Bonchev–Trinajstić information content (AvgIpc) is 3.35. The highest BCUT2D eigenvalue weighted by molar-refractivity contribution is 7.89. The Hall–Kier alpha value is -2.95. The molecule has 3 aromatic rings. The first-order valence-corrected chi connectivity index (χ1v) is 11.8. The van der Waals surface area contributed by atoms with Crippen LogP contribution in [0.15, 0.2) is 53.4 Å². The van der Waals surface area contributed by atoms with Crippen LogP contribution in [0, 0.1) is 5.92 Å². The van der Waals surface area contributed by atoms with Crippen molar-refractivity contribution in [3.05, 3.63) is 54.2 Å². The minimum atomic E-state index is -3.73. The van der Waals surface area contributed by atoms with Gasteiger partial charge < -0.3 is 14.9 Å². The van der Waals surface area contributed by atoms with Crippen molar-refractivity contribution >= 4 is 26.9 Å². The summed E-state index contributed by atoms with van der Waals surface area (Å²) >= 11 is 0. The zero-order chi connectivity index (χ0) is 23.0. The summed E-state index contributed by atoms with van der Waals surface area (Å²) in [7, 11) is -3.73. The fraction of sp³-hybridized carbons (Fsp3) is 0.391. The lowest BCUT2D eigenvalue weighted by atomic mass is 10.1. The number of hydrogen-bond acceptors (Lipinski definition) is 6. The van der Waals surface area contributed by atoms with Crippen molar-refractivity contribution in [3.8, 4) is 5.75 Å². The molecular formula is C23H29N3O6S. The summed E-state index contributed by atoms with van der Waals surface area (Å²) in [6.45, 7) is 4.77. The largest absolute Gasteiger partial charge is 0.494 e. The van der Waals surface area contributed by atoms with Gasteiger partial charge in [-0.2, -0.15) is 9.40 Å². The number of carboxylic acids is 1. The van der Waals surface area contributed by atoms with E-state index in [0.717, 1.165) is 0 Å². The highest BCUT2D eigenvalue weighted by Gasteiger charge is 2.39. The number of carbonyl (C=O) groups is 1. The Morgan fingerprint density at radius 1 is 1.18 bits per heavy atom. The summed E-state index contributed by atoms with van der Waals surface area (Å²) in [4.78, 5) is 11.5. The fourth-order valence-corrected chi connectivity index (χ4v) is 5.69. The molecule has 0 radical (unpaired) electrons. The predicted molar refractivity (Wildman–Crippen MR) is 124 cm³/mol. The van der Waals surface area contributed by atoms with Gasteiger partial charge in [0.1, 0.15) is 11.4 Å². The molecule has 3 atom stereocenters. The molecule has 1 saturated heterocycles. The quantitative estimate of drug-likeness (QED) is 0.538. The molecule has 1 aliphatic rings. The topological polar surface area (TPSA) is 122 Å². The third-order valence-corrected chi connectivity index (χ3v) is 7.61.